The van der Waals surface area contributed by atoms with E-state index in [1.807, 2.05) is 30.3 Å². The van der Waals surface area contributed by atoms with Crippen LogP contribution in [0.25, 0.3) is 0 Å². The number of hydrogen-bond donors (Lipinski definition) is 1. The van der Waals surface area contributed by atoms with Crippen molar-refractivity contribution in [1.82, 2.24) is 0 Å². The topological polar surface area (TPSA) is 63.6 Å². The molecule has 1 aliphatic carbocycles. The summed E-state index contributed by atoms with van der Waals surface area (Å²) in [6.45, 7) is 2.27. The molecule has 4 heteroatoms. The maximum atomic E-state index is 11.6. The van der Waals surface area contributed by atoms with E-state index in [1.54, 1.807) is 6.92 Å². The molecule has 0 aromatic heterocycles. The van der Waals surface area contributed by atoms with Crippen LogP contribution in [-0.2, 0) is 20.9 Å². The van der Waals surface area contributed by atoms with Gasteiger partial charge in [-0.15, -0.1) is 0 Å². The van der Waals surface area contributed by atoms with Gasteiger partial charge in [-0.05, 0) is 43.6 Å². The molecule has 0 spiro atoms. The molecule has 2 rings (SSSR count). The molecule has 1 aromatic rings. The highest BCUT2D eigenvalue weighted by Crippen LogP contribution is 2.20. The summed E-state index contributed by atoms with van der Waals surface area (Å²) in [7, 11) is 0. The van der Waals surface area contributed by atoms with E-state index in [-0.39, 0.29) is 18.2 Å². The molecule has 0 fully saturated rings. The molecule has 1 aliphatic rings. The van der Waals surface area contributed by atoms with E-state index in [2.05, 4.69) is 0 Å². The fourth-order valence-electron chi connectivity index (χ4n) is 2.19. The van der Waals surface area contributed by atoms with Gasteiger partial charge in [-0.1, -0.05) is 30.3 Å². The molecular formula is C18H20O4. The lowest BCUT2D eigenvalue weighted by Crippen LogP contribution is -2.31. The van der Waals surface area contributed by atoms with E-state index < -0.39 is 5.60 Å². The van der Waals surface area contributed by atoms with Gasteiger partial charge in [-0.2, -0.15) is 0 Å². The number of ether oxygens (including phenoxy) is 1. The van der Waals surface area contributed by atoms with Crippen molar-refractivity contribution in [3.63, 3.8) is 0 Å². The van der Waals surface area contributed by atoms with Gasteiger partial charge in [0.2, 0.25) is 0 Å². The fraction of sp³-hybridized carbons (Fsp3) is 0.333. The Kier molecular flexibility index (Phi) is 5.41. The van der Waals surface area contributed by atoms with Gasteiger partial charge < -0.3 is 9.84 Å². The first kappa shape index (κ1) is 16.3. The third-order valence-electron chi connectivity index (χ3n) is 3.49. The highest BCUT2D eigenvalue weighted by molar-refractivity contribution is 6.17. The van der Waals surface area contributed by atoms with E-state index in [4.69, 9.17) is 4.74 Å². The number of ketones is 2. The predicted molar refractivity (Wildman–Crippen MR) is 83.2 cm³/mol. The van der Waals surface area contributed by atoms with Crippen LogP contribution in [0.5, 0.6) is 0 Å². The summed E-state index contributed by atoms with van der Waals surface area (Å²) in [6, 6.07) is 9.71. The Labute approximate surface area is 130 Å². The van der Waals surface area contributed by atoms with Crippen molar-refractivity contribution >= 4 is 11.6 Å². The van der Waals surface area contributed by atoms with Crippen LogP contribution in [0.1, 0.15) is 25.3 Å². The van der Waals surface area contributed by atoms with Gasteiger partial charge in [-0.3, -0.25) is 9.59 Å². The van der Waals surface area contributed by atoms with Crippen molar-refractivity contribution < 1.29 is 19.4 Å². The molecule has 0 unspecified atom stereocenters. The molecule has 0 saturated carbocycles. The first-order valence-electron chi connectivity index (χ1n) is 7.27. The lowest BCUT2D eigenvalue weighted by atomic mass is 9.93. The number of benzene rings is 1. The number of aliphatic hydroxyl groups is 1. The summed E-state index contributed by atoms with van der Waals surface area (Å²) in [4.78, 5) is 22.9. The first-order valence-corrected chi connectivity index (χ1v) is 7.27. The van der Waals surface area contributed by atoms with E-state index in [1.165, 1.54) is 18.2 Å². The van der Waals surface area contributed by atoms with Crippen molar-refractivity contribution in [2.75, 3.05) is 6.61 Å². The third kappa shape index (κ3) is 5.06. The fourth-order valence-corrected chi connectivity index (χ4v) is 2.19. The smallest absolute Gasteiger partial charge is 0.182 e. The minimum atomic E-state index is -1.04. The summed E-state index contributed by atoms with van der Waals surface area (Å²) >= 11 is 0. The van der Waals surface area contributed by atoms with Crippen molar-refractivity contribution in [2.45, 2.75) is 32.0 Å². The van der Waals surface area contributed by atoms with E-state index >= 15 is 0 Å². The second-order valence-corrected chi connectivity index (χ2v) is 5.74. The third-order valence-corrected chi connectivity index (χ3v) is 3.49. The molecular weight excluding hydrogens is 280 g/mol. The maximum Gasteiger partial charge on any atom is 0.182 e. The summed E-state index contributed by atoms with van der Waals surface area (Å²) in [5.41, 5.74) is 0.440. The maximum absolute atomic E-state index is 11.6. The summed E-state index contributed by atoms with van der Waals surface area (Å²) < 4.78 is 5.54. The van der Waals surface area contributed by atoms with Crippen molar-refractivity contribution in [1.29, 1.82) is 0 Å². The Morgan fingerprint density at radius 3 is 2.59 bits per heavy atom. The van der Waals surface area contributed by atoms with Gasteiger partial charge >= 0.3 is 0 Å². The second kappa shape index (κ2) is 7.29. The zero-order valence-corrected chi connectivity index (χ0v) is 12.6. The minimum absolute atomic E-state index is 0.166. The molecule has 1 N–H and O–H groups in total. The lowest BCUT2D eigenvalue weighted by molar-refractivity contribution is -0.114. The summed E-state index contributed by atoms with van der Waals surface area (Å²) in [5, 5.41) is 10.3. The lowest BCUT2D eigenvalue weighted by Gasteiger charge is -2.23. The van der Waals surface area contributed by atoms with Crippen LogP contribution in [-0.4, -0.2) is 28.9 Å². The molecule has 0 radical (unpaired) electrons. The summed E-state index contributed by atoms with van der Waals surface area (Å²) in [5.74, 6) is -0.352. The molecule has 1 aromatic carbocycles. The van der Waals surface area contributed by atoms with Gasteiger partial charge in [0.25, 0.3) is 0 Å². The largest absolute Gasteiger partial charge is 0.388 e. The molecule has 0 heterocycles. The Hall–Kier alpha value is -2.04. The number of rotatable bonds is 7. The van der Waals surface area contributed by atoms with E-state index in [0.717, 1.165) is 5.56 Å². The Morgan fingerprint density at radius 1 is 1.14 bits per heavy atom. The normalized spacial score (nSPS) is 17.3. The Balaban J connectivity index is 1.78. The van der Waals surface area contributed by atoms with Crippen LogP contribution in [0.15, 0.2) is 54.1 Å². The second-order valence-electron chi connectivity index (χ2n) is 5.74. The van der Waals surface area contributed by atoms with Crippen molar-refractivity contribution in [2.24, 2.45) is 0 Å². The van der Waals surface area contributed by atoms with Crippen molar-refractivity contribution in [3.05, 3.63) is 59.7 Å². The predicted octanol–water partition coefficient (Wildman–Crippen LogP) is 2.37. The van der Waals surface area contributed by atoms with Crippen LogP contribution in [0, 0.1) is 0 Å². The number of carbonyl (C=O) groups is 2. The first-order chi connectivity index (χ1) is 10.5. The van der Waals surface area contributed by atoms with Gasteiger partial charge in [-0.25, -0.2) is 0 Å². The van der Waals surface area contributed by atoms with Gasteiger partial charge in [0.1, 0.15) is 0 Å². The van der Waals surface area contributed by atoms with Crippen LogP contribution in [0.2, 0.25) is 0 Å². The molecule has 1 atom stereocenters. The molecule has 116 valence electrons. The van der Waals surface area contributed by atoms with E-state index in [9.17, 15) is 14.7 Å². The minimum Gasteiger partial charge on any atom is -0.388 e. The average molecular weight is 300 g/mol. The van der Waals surface area contributed by atoms with Gasteiger partial charge in [0.05, 0.1) is 18.8 Å². The molecule has 22 heavy (non-hydrogen) atoms. The van der Waals surface area contributed by atoms with Gasteiger partial charge in [0.15, 0.2) is 11.6 Å². The molecule has 0 aliphatic heterocycles. The highest BCUT2D eigenvalue weighted by atomic mass is 16.5. The Morgan fingerprint density at radius 2 is 1.86 bits per heavy atom. The quantitative estimate of drug-likeness (QED) is 0.785. The zero-order valence-electron chi connectivity index (χ0n) is 12.6. The van der Waals surface area contributed by atoms with E-state index in [0.29, 0.717) is 25.0 Å². The van der Waals surface area contributed by atoms with Gasteiger partial charge in [0, 0.05) is 5.57 Å². The molecule has 0 amide bonds. The monoisotopic (exact) mass is 300 g/mol. The standard InChI is InChI=1S/C18H20O4/c1-18(21,13-22-12-14-5-3-2-4-6-14)10-9-15-11-16(19)7-8-17(15)20/h2-8,11,21H,9-10,12-13H2,1H3/t18-/m1/s1. The zero-order chi connectivity index (χ0) is 16.0. The number of carbonyl (C=O) groups excluding carboxylic acids is 2. The van der Waals surface area contributed by atoms with Crippen molar-refractivity contribution in [3.8, 4) is 0 Å². The van der Waals surface area contributed by atoms with Crippen LogP contribution in [0.4, 0.5) is 0 Å². The molecule has 0 saturated heterocycles. The Bertz CT molecular complexity index is 597. The SMILES string of the molecule is C[C@@](O)(CCC1=CC(=O)C=CC1=O)COCc1ccccc1. The number of allylic oxidation sites excluding steroid dienone is 4. The average Bonchev–Trinajstić information content (AvgIpc) is 2.49. The van der Waals surface area contributed by atoms with Crippen LogP contribution >= 0.6 is 0 Å². The van der Waals surface area contributed by atoms with Crippen LogP contribution < -0.4 is 0 Å². The van der Waals surface area contributed by atoms with Crippen LogP contribution in [0.3, 0.4) is 0 Å². The number of hydrogen-bond acceptors (Lipinski definition) is 4. The highest BCUT2D eigenvalue weighted by Gasteiger charge is 2.23. The molecule has 0 bridgehead atoms. The summed E-state index contributed by atoms with van der Waals surface area (Å²) in [6.07, 6.45) is 4.59. The molecule has 4 nitrogen and oxygen atoms in total.